The fourth-order valence-corrected chi connectivity index (χ4v) is 2.41. The maximum absolute atomic E-state index is 12.2. The Kier molecular flexibility index (Phi) is 6.77. The lowest BCUT2D eigenvalue weighted by Crippen LogP contribution is -2.56. The molecule has 0 aromatic carbocycles. The van der Waals surface area contributed by atoms with Crippen LogP contribution in [0.3, 0.4) is 0 Å². The monoisotopic (exact) mass is 315 g/mol. The molecule has 1 heterocycles. The zero-order chi connectivity index (χ0) is 16.7. The molecule has 1 saturated heterocycles. The molecular weight excluding hydrogens is 294 g/mol. The minimum Gasteiger partial charge on any atom is -0.481 e. The zero-order valence-corrected chi connectivity index (χ0v) is 12.2. The SMILES string of the molecule is NCC(=O)N1CCCC[C@H]1C(=O)N[C@@H](CCC(=O)O)C(=O)O. The second kappa shape index (κ2) is 8.32. The Bertz CT molecular complexity index is 453. The van der Waals surface area contributed by atoms with Crippen LogP contribution in [-0.2, 0) is 19.2 Å². The van der Waals surface area contributed by atoms with Gasteiger partial charge in [0.15, 0.2) is 0 Å². The van der Waals surface area contributed by atoms with Gasteiger partial charge in [0.05, 0.1) is 6.54 Å². The first-order chi connectivity index (χ1) is 10.4. The lowest BCUT2D eigenvalue weighted by molar-refractivity contribution is -0.146. The Labute approximate surface area is 127 Å². The summed E-state index contributed by atoms with van der Waals surface area (Å²) in [5, 5.41) is 20.0. The summed E-state index contributed by atoms with van der Waals surface area (Å²) in [6.07, 6.45) is 1.36. The summed E-state index contributed by atoms with van der Waals surface area (Å²) in [6.45, 7) is 0.187. The molecule has 5 N–H and O–H groups in total. The molecule has 2 atom stereocenters. The summed E-state index contributed by atoms with van der Waals surface area (Å²) in [7, 11) is 0. The van der Waals surface area contributed by atoms with Crippen molar-refractivity contribution in [3.05, 3.63) is 0 Å². The quantitative estimate of drug-likeness (QED) is 0.459. The van der Waals surface area contributed by atoms with E-state index in [2.05, 4.69) is 5.32 Å². The molecule has 124 valence electrons. The number of hydrogen-bond acceptors (Lipinski definition) is 5. The van der Waals surface area contributed by atoms with E-state index in [1.807, 2.05) is 0 Å². The van der Waals surface area contributed by atoms with Gasteiger partial charge in [0.25, 0.3) is 0 Å². The van der Waals surface area contributed by atoms with E-state index in [9.17, 15) is 19.2 Å². The first kappa shape index (κ1) is 17.9. The van der Waals surface area contributed by atoms with Crippen LogP contribution in [0.4, 0.5) is 0 Å². The van der Waals surface area contributed by atoms with E-state index in [0.29, 0.717) is 13.0 Å². The summed E-state index contributed by atoms with van der Waals surface area (Å²) in [5.74, 6) is -3.39. The van der Waals surface area contributed by atoms with Crippen molar-refractivity contribution in [1.29, 1.82) is 0 Å². The van der Waals surface area contributed by atoms with Crippen molar-refractivity contribution < 1.29 is 29.4 Å². The molecule has 1 aliphatic heterocycles. The van der Waals surface area contributed by atoms with Crippen LogP contribution in [0.1, 0.15) is 32.1 Å². The summed E-state index contributed by atoms with van der Waals surface area (Å²) < 4.78 is 0. The van der Waals surface area contributed by atoms with E-state index >= 15 is 0 Å². The van der Waals surface area contributed by atoms with Gasteiger partial charge >= 0.3 is 11.9 Å². The van der Waals surface area contributed by atoms with Crippen molar-refractivity contribution in [3.8, 4) is 0 Å². The highest BCUT2D eigenvalue weighted by molar-refractivity contribution is 5.91. The number of carbonyl (C=O) groups is 4. The van der Waals surface area contributed by atoms with E-state index in [-0.39, 0.29) is 25.3 Å². The van der Waals surface area contributed by atoms with Crippen LogP contribution in [0.5, 0.6) is 0 Å². The largest absolute Gasteiger partial charge is 0.481 e. The van der Waals surface area contributed by atoms with E-state index in [0.717, 1.165) is 12.8 Å². The number of nitrogens with one attached hydrogen (secondary N) is 1. The van der Waals surface area contributed by atoms with E-state index in [4.69, 9.17) is 15.9 Å². The number of nitrogens with zero attached hydrogens (tertiary/aromatic N) is 1. The molecule has 0 bridgehead atoms. The highest BCUT2D eigenvalue weighted by Crippen LogP contribution is 2.17. The van der Waals surface area contributed by atoms with Crippen LogP contribution >= 0.6 is 0 Å². The van der Waals surface area contributed by atoms with Gasteiger partial charge in [-0.2, -0.15) is 0 Å². The van der Waals surface area contributed by atoms with E-state index < -0.39 is 29.9 Å². The summed E-state index contributed by atoms with van der Waals surface area (Å²) in [5.41, 5.74) is 5.31. The van der Waals surface area contributed by atoms with Crippen LogP contribution in [0, 0.1) is 0 Å². The third-order valence-electron chi connectivity index (χ3n) is 3.56. The van der Waals surface area contributed by atoms with Crippen molar-refractivity contribution in [2.24, 2.45) is 5.73 Å². The number of piperidine rings is 1. The molecule has 0 unspecified atom stereocenters. The van der Waals surface area contributed by atoms with Crippen molar-refractivity contribution in [2.75, 3.05) is 13.1 Å². The number of rotatable bonds is 7. The zero-order valence-electron chi connectivity index (χ0n) is 12.2. The highest BCUT2D eigenvalue weighted by atomic mass is 16.4. The molecule has 0 saturated carbocycles. The third kappa shape index (κ3) is 4.99. The van der Waals surface area contributed by atoms with Crippen molar-refractivity contribution in [3.63, 3.8) is 0 Å². The molecule has 1 fully saturated rings. The van der Waals surface area contributed by atoms with Crippen LogP contribution in [0.15, 0.2) is 0 Å². The number of hydrogen-bond donors (Lipinski definition) is 4. The van der Waals surface area contributed by atoms with E-state index in [1.54, 1.807) is 0 Å². The average molecular weight is 315 g/mol. The normalized spacial score (nSPS) is 19.3. The van der Waals surface area contributed by atoms with Gasteiger partial charge in [-0.1, -0.05) is 0 Å². The number of carboxylic acids is 2. The van der Waals surface area contributed by atoms with Gasteiger partial charge in [0.1, 0.15) is 12.1 Å². The minimum absolute atomic E-state index is 0.214. The fourth-order valence-electron chi connectivity index (χ4n) is 2.41. The van der Waals surface area contributed by atoms with Gasteiger partial charge in [0, 0.05) is 13.0 Å². The topological polar surface area (TPSA) is 150 Å². The number of carboxylic acid groups (broad SMARTS) is 2. The first-order valence-electron chi connectivity index (χ1n) is 7.11. The maximum Gasteiger partial charge on any atom is 0.326 e. The Morgan fingerprint density at radius 2 is 1.91 bits per heavy atom. The number of amides is 2. The molecular formula is C13H21N3O6. The Morgan fingerprint density at radius 1 is 1.23 bits per heavy atom. The van der Waals surface area contributed by atoms with Crippen molar-refractivity contribution in [1.82, 2.24) is 10.2 Å². The third-order valence-corrected chi connectivity index (χ3v) is 3.56. The van der Waals surface area contributed by atoms with Gasteiger partial charge in [-0.3, -0.25) is 14.4 Å². The number of aliphatic carboxylic acids is 2. The van der Waals surface area contributed by atoms with Crippen LogP contribution in [-0.4, -0.2) is 64.0 Å². The molecule has 0 spiro atoms. The van der Waals surface area contributed by atoms with Gasteiger partial charge < -0.3 is 26.2 Å². The van der Waals surface area contributed by atoms with Crippen molar-refractivity contribution in [2.45, 2.75) is 44.2 Å². The Balaban J connectivity index is 2.71. The Hall–Kier alpha value is -2.16. The fraction of sp³-hybridized carbons (Fsp3) is 0.692. The van der Waals surface area contributed by atoms with Crippen LogP contribution in [0.2, 0.25) is 0 Å². The van der Waals surface area contributed by atoms with Crippen molar-refractivity contribution >= 4 is 23.8 Å². The Morgan fingerprint density at radius 3 is 2.45 bits per heavy atom. The molecule has 9 heteroatoms. The summed E-state index contributed by atoms with van der Waals surface area (Å²) in [4.78, 5) is 46.9. The minimum atomic E-state index is -1.30. The highest BCUT2D eigenvalue weighted by Gasteiger charge is 2.33. The summed E-state index contributed by atoms with van der Waals surface area (Å²) in [6, 6.07) is -2.04. The molecule has 1 rings (SSSR count). The molecule has 0 aliphatic carbocycles. The first-order valence-corrected chi connectivity index (χ1v) is 7.11. The number of likely N-dealkylation sites (tertiary alicyclic amines) is 1. The lowest BCUT2D eigenvalue weighted by Gasteiger charge is -2.35. The van der Waals surface area contributed by atoms with Gasteiger partial charge in [0.2, 0.25) is 11.8 Å². The molecule has 0 radical (unpaired) electrons. The molecule has 2 amide bonds. The lowest BCUT2D eigenvalue weighted by atomic mass is 10.0. The second-order valence-electron chi connectivity index (χ2n) is 5.13. The molecule has 9 nitrogen and oxygen atoms in total. The van der Waals surface area contributed by atoms with Gasteiger partial charge in [-0.25, -0.2) is 4.79 Å². The predicted molar refractivity (Wildman–Crippen MR) is 74.8 cm³/mol. The maximum atomic E-state index is 12.2. The number of nitrogens with two attached hydrogens (primary N) is 1. The second-order valence-corrected chi connectivity index (χ2v) is 5.13. The van der Waals surface area contributed by atoms with Crippen LogP contribution in [0.25, 0.3) is 0 Å². The predicted octanol–water partition coefficient (Wildman–Crippen LogP) is -1.24. The smallest absolute Gasteiger partial charge is 0.326 e. The molecule has 1 aliphatic rings. The van der Waals surface area contributed by atoms with Gasteiger partial charge in [-0.15, -0.1) is 0 Å². The average Bonchev–Trinajstić information content (AvgIpc) is 2.49. The van der Waals surface area contributed by atoms with E-state index in [1.165, 1.54) is 4.90 Å². The number of carbonyl (C=O) groups excluding carboxylic acids is 2. The molecule has 22 heavy (non-hydrogen) atoms. The molecule has 0 aromatic heterocycles. The van der Waals surface area contributed by atoms with Gasteiger partial charge in [-0.05, 0) is 25.7 Å². The molecule has 0 aromatic rings. The summed E-state index contributed by atoms with van der Waals surface area (Å²) >= 11 is 0. The van der Waals surface area contributed by atoms with Crippen LogP contribution < -0.4 is 11.1 Å². The standard InChI is InChI=1S/C13H21N3O6/c14-7-10(17)16-6-2-1-3-9(16)12(20)15-8(13(21)22)4-5-11(18)19/h8-9H,1-7,14H2,(H,15,20)(H,18,19)(H,21,22)/t8-,9-/m0/s1.